The second kappa shape index (κ2) is 9.21. The van der Waals surface area contributed by atoms with Gasteiger partial charge in [-0.1, -0.05) is 27.2 Å². The number of nitrogens with one attached hydrogen (secondary N) is 2. The van der Waals surface area contributed by atoms with Crippen molar-refractivity contribution in [1.82, 2.24) is 15.2 Å². The zero-order chi connectivity index (χ0) is 19.3. The van der Waals surface area contributed by atoms with Gasteiger partial charge in [0.1, 0.15) is 5.69 Å². The summed E-state index contributed by atoms with van der Waals surface area (Å²) in [5.74, 6) is 0.876. The Morgan fingerprint density at radius 2 is 1.92 bits per heavy atom. The van der Waals surface area contributed by atoms with E-state index in [1.54, 1.807) is 6.92 Å². The fourth-order valence-electron chi connectivity index (χ4n) is 4.14. The number of nitrogens with zero attached hydrogens (tertiary/aromatic N) is 1. The van der Waals surface area contributed by atoms with Crippen molar-refractivity contribution in [2.45, 2.75) is 47.0 Å². The van der Waals surface area contributed by atoms with Crippen LogP contribution in [0.4, 0.5) is 0 Å². The summed E-state index contributed by atoms with van der Waals surface area (Å²) in [6, 6.07) is 0. The number of carbonyl (C=O) groups excluding carboxylic acids is 2. The molecule has 0 aromatic carbocycles. The Labute approximate surface area is 156 Å². The molecule has 26 heavy (non-hydrogen) atoms. The molecular formula is C20H33N3O3. The van der Waals surface area contributed by atoms with Gasteiger partial charge in [0.05, 0.1) is 12.7 Å². The summed E-state index contributed by atoms with van der Waals surface area (Å²) in [6.45, 7) is 12.1. The smallest absolute Gasteiger partial charge is 0.339 e. The van der Waals surface area contributed by atoms with E-state index in [0.717, 1.165) is 31.6 Å². The second-order valence-corrected chi connectivity index (χ2v) is 7.68. The lowest BCUT2D eigenvalue weighted by molar-refractivity contribution is 0.0599. The fraction of sp³-hybridized carbons (Fsp3) is 0.700. The molecule has 1 aromatic rings. The van der Waals surface area contributed by atoms with Crippen LogP contribution in [-0.2, 0) is 11.2 Å². The standard InChI is InChI=1S/C20H33N3O3/c1-6-7-16-17(20(25)26-5)15(4)22-18(16)19(24)21-8-9-23-11-13(2)10-14(3)12-23/h13-14,22H,6-12H2,1-5H3,(H,21,24). The zero-order valence-corrected chi connectivity index (χ0v) is 16.8. The maximum atomic E-state index is 12.7. The number of piperidine rings is 1. The highest BCUT2D eigenvalue weighted by molar-refractivity contribution is 6.00. The van der Waals surface area contributed by atoms with Crippen molar-refractivity contribution in [3.05, 3.63) is 22.5 Å². The van der Waals surface area contributed by atoms with Crippen LogP contribution in [0.1, 0.15) is 65.7 Å². The van der Waals surface area contributed by atoms with Crippen LogP contribution in [0, 0.1) is 18.8 Å². The molecule has 2 unspecified atom stereocenters. The van der Waals surface area contributed by atoms with Crippen LogP contribution in [0.15, 0.2) is 0 Å². The van der Waals surface area contributed by atoms with Crippen LogP contribution in [0.25, 0.3) is 0 Å². The molecule has 6 heteroatoms. The number of aromatic nitrogens is 1. The highest BCUT2D eigenvalue weighted by Gasteiger charge is 2.25. The Balaban J connectivity index is 2.01. The van der Waals surface area contributed by atoms with Crippen LogP contribution in [0.5, 0.6) is 0 Å². The van der Waals surface area contributed by atoms with Gasteiger partial charge in [-0.2, -0.15) is 0 Å². The Morgan fingerprint density at radius 3 is 2.50 bits per heavy atom. The largest absolute Gasteiger partial charge is 0.465 e. The van der Waals surface area contributed by atoms with Crippen molar-refractivity contribution in [2.24, 2.45) is 11.8 Å². The van der Waals surface area contributed by atoms with Crippen LogP contribution in [-0.4, -0.2) is 55.0 Å². The predicted molar refractivity (Wildman–Crippen MR) is 103 cm³/mol. The van der Waals surface area contributed by atoms with Gasteiger partial charge in [0.2, 0.25) is 0 Å². The number of aromatic amines is 1. The molecule has 1 aliphatic rings. The van der Waals surface area contributed by atoms with Crippen LogP contribution in [0.3, 0.4) is 0 Å². The zero-order valence-electron chi connectivity index (χ0n) is 16.8. The lowest BCUT2D eigenvalue weighted by Crippen LogP contribution is -2.43. The van der Waals surface area contributed by atoms with Gasteiger partial charge < -0.3 is 19.9 Å². The summed E-state index contributed by atoms with van der Waals surface area (Å²) in [5, 5.41) is 3.01. The number of hydrogen-bond acceptors (Lipinski definition) is 4. The lowest BCUT2D eigenvalue weighted by atomic mass is 9.92. The molecule has 0 spiro atoms. The molecule has 2 atom stereocenters. The molecule has 1 fully saturated rings. The molecule has 1 aliphatic heterocycles. The van der Waals surface area contributed by atoms with Crippen LogP contribution >= 0.6 is 0 Å². The van der Waals surface area contributed by atoms with Crippen molar-refractivity contribution < 1.29 is 14.3 Å². The van der Waals surface area contributed by atoms with Crippen molar-refractivity contribution in [1.29, 1.82) is 0 Å². The molecule has 1 saturated heterocycles. The number of amides is 1. The first kappa shape index (κ1) is 20.5. The van der Waals surface area contributed by atoms with E-state index < -0.39 is 5.97 Å². The Bertz CT molecular complexity index is 628. The normalized spacial score (nSPS) is 20.8. The van der Waals surface area contributed by atoms with E-state index in [1.807, 2.05) is 6.92 Å². The van der Waals surface area contributed by atoms with Gasteiger partial charge in [0, 0.05) is 31.9 Å². The molecule has 0 radical (unpaired) electrons. The maximum absolute atomic E-state index is 12.7. The molecule has 6 nitrogen and oxygen atoms in total. The third-order valence-electron chi connectivity index (χ3n) is 5.07. The summed E-state index contributed by atoms with van der Waals surface area (Å²) in [4.78, 5) is 30.3. The summed E-state index contributed by atoms with van der Waals surface area (Å²) in [5.41, 5.74) is 2.43. The number of carbonyl (C=O) groups is 2. The Morgan fingerprint density at radius 1 is 1.27 bits per heavy atom. The maximum Gasteiger partial charge on any atom is 0.339 e. The Kier molecular flexibility index (Phi) is 7.26. The number of aryl methyl sites for hydroxylation is 1. The van der Waals surface area contributed by atoms with E-state index >= 15 is 0 Å². The van der Waals surface area contributed by atoms with Crippen LogP contribution in [0.2, 0.25) is 0 Å². The number of H-pyrrole nitrogens is 1. The predicted octanol–water partition coefficient (Wildman–Crippen LogP) is 2.77. The van der Waals surface area contributed by atoms with Gasteiger partial charge in [0.25, 0.3) is 5.91 Å². The molecule has 2 heterocycles. The number of esters is 1. The van der Waals surface area contributed by atoms with Gasteiger partial charge in [0.15, 0.2) is 0 Å². The minimum atomic E-state index is -0.391. The number of methoxy groups -OCH3 is 1. The summed E-state index contributed by atoms with van der Waals surface area (Å²) < 4.78 is 4.88. The first-order chi connectivity index (χ1) is 12.4. The fourth-order valence-corrected chi connectivity index (χ4v) is 4.14. The summed E-state index contributed by atoms with van der Waals surface area (Å²) in [7, 11) is 1.37. The van der Waals surface area contributed by atoms with E-state index in [-0.39, 0.29) is 5.91 Å². The number of likely N-dealkylation sites (tertiary alicyclic amines) is 1. The van der Waals surface area contributed by atoms with Gasteiger partial charge in [-0.3, -0.25) is 4.79 Å². The van der Waals surface area contributed by atoms with E-state index in [9.17, 15) is 9.59 Å². The number of hydrogen-bond donors (Lipinski definition) is 2. The van der Waals surface area contributed by atoms with E-state index in [2.05, 4.69) is 29.0 Å². The minimum Gasteiger partial charge on any atom is -0.465 e. The van der Waals surface area contributed by atoms with Crippen LogP contribution < -0.4 is 5.32 Å². The second-order valence-electron chi connectivity index (χ2n) is 7.68. The number of rotatable bonds is 7. The highest BCUT2D eigenvalue weighted by Crippen LogP contribution is 2.22. The third kappa shape index (κ3) is 4.87. The molecule has 1 aromatic heterocycles. The quantitative estimate of drug-likeness (QED) is 0.731. The molecular weight excluding hydrogens is 330 g/mol. The monoisotopic (exact) mass is 363 g/mol. The third-order valence-corrected chi connectivity index (χ3v) is 5.07. The van der Waals surface area contributed by atoms with Crippen molar-refractivity contribution >= 4 is 11.9 Å². The Hall–Kier alpha value is -1.82. The minimum absolute atomic E-state index is 0.148. The molecule has 2 N–H and O–H groups in total. The molecule has 2 rings (SSSR count). The molecule has 0 aliphatic carbocycles. The summed E-state index contributed by atoms with van der Waals surface area (Å²) in [6.07, 6.45) is 2.80. The first-order valence-corrected chi connectivity index (χ1v) is 9.67. The summed E-state index contributed by atoms with van der Waals surface area (Å²) >= 11 is 0. The number of ether oxygens (including phenoxy) is 1. The molecule has 146 valence electrons. The van der Waals surface area contributed by atoms with E-state index in [1.165, 1.54) is 13.5 Å². The van der Waals surface area contributed by atoms with Crippen molar-refractivity contribution in [3.63, 3.8) is 0 Å². The van der Waals surface area contributed by atoms with Crippen molar-refractivity contribution in [2.75, 3.05) is 33.3 Å². The highest BCUT2D eigenvalue weighted by atomic mass is 16.5. The van der Waals surface area contributed by atoms with Gasteiger partial charge in [-0.05, 0) is 37.2 Å². The van der Waals surface area contributed by atoms with Gasteiger partial charge in [-0.25, -0.2) is 4.79 Å². The van der Waals surface area contributed by atoms with Gasteiger partial charge >= 0.3 is 5.97 Å². The first-order valence-electron chi connectivity index (χ1n) is 9.67. The lowest BCUT2D eigenvalue weighted by Gasteiger charge is -2.34. The SMILES string of the molecule is CCCc1c(C(=O)NCCN2CC(C)CC(C)C2)[nH]c(C)c1C(=O)OC. The topological polar surface area (TPSA) is 74.4 Å². The van der Waals surface area contributed by atoms with Crippen molar-refractivity contribution in [3.8, 4) is 0 Å². The molecule has 0 saturated carbocycles. The molecule has 1 amide bonds. The average Bonchev–Trinajstić information content (AvgIpc) is 2.90. The average molecular weight is 364 g/mol. The van der Waals surface area contributed by atoms with Gasteiger partial charge in [-0.15, -0.1) is 0 Å². The molecule has 0 bridgehead atoms. The van der Waals surface area contributed by atoms with E-state index in [0.29, 0.717) is 41.8 Å². The van der Waals surface area contributed by atoms with E-state index in [4.69, 9.17) is 4.74 Å².